The zero-order chi connectivity index (χ0) is 15.8. The van der Waals surface area contributed by atoms with E-state index >= 15 is 0 Å². The van der Waals surface area contributed by atoms with Crippen molar-refractivity contribution < 1.29 is 9.53 Å². The average Bonchev–Trinajstić information content (AvgIpc) is 2.91. The molecular weight excluding hydrogens is 290 g/mol. The molecule has 0 radical (unpaired) electrons. The van der Waals surface area contributed by atoms with E-state index in [1.165, 1.54) is 0 Å². The van der Waals surface area contributed by atoms with E-state index < -0.39 is 0 Å². The van der Waals surface area contributed by atoms with Gasteiger partial charge in [0, 0.05) is 36.9 Å². The minimum absolute atomic E-state index is 0.0674. The molecule has 5 nitrogen and oxygen atoms in total. The number of ether oxygens (including phenoxy) is 1. The van der Waals surface area contributed by atoms with Gasteiger partial charge in [-0.3, -0.25) is 4.79 Å². The second kappa shape index (κ2) is 5.74. The molecule has 5 heteroatoms. The number of amides is 1. The summed E-state index contributed by atoms with van der Waals surface area (Å²) >= 11 is 0. The Bertz CT molecular complexity index is 732. The summed E-state index contributed by atoms with van der Waals surface area (Å²) in [5, 5.41) is 0. The van der Waals surface area contributed by atoms with E-state index in [2.05, 4.69) is 4.98 Å². The van der Waals surface area contributed by atoms with E-state index in [0.717, 1.165) is 41.9 Å². The zero-order valence-corrected chi connectivity index (χ0v) is 13.1. The quantitative estimate of drug-likeness (QED) is 0.873. The summed E-state index contributed by atoms with van der Waals surface area (Å²) < 4.78 is 5.02. The number of carbonyl (C=O) groups excluding carboxylic acids is 1. The molecule has 23 heavy (non-hydrogen) atoms. The van der Waals surface area contributed by atoms with Gasteiger partial charge in [0.1, 0.15) is 6.61 Å². The fraction of sp³-hybridized carbons (Fsp3) is 0.389. The summed E-state index contributed by atoms with van der Waals surface area (Å²) in [4.78, 5) is 23.6. The van der Waals surface area contributed by atoms with E-state index in [9.17, 15) is 4.79 Å². The van der Waals surface area contributed by atoms with Gasteiger partial charge in [0.15, 0.2) is 5.82 Å². The molecule has 1 fully saturated rings. The molecule has 2 aliphatic rings. The van der Waals surface area contributed by atoms with Crippen LogP contribution in [0.2, 0.25) is 0 Å². The standard InChI is InChI=1S/C18H19N3O2/c1-23-11-17(22)21-13-7-8-16(21)14-10-19-18(20-15(14)9-13)12-5-3-2-4-6-12/h2-6,10,13,16H,7-9,11H2,1H3/t13-,16+/m0/s1. The Morgan fingerprint density at radius 2 is 2.13 bits per heavy atom. The molecule has 1 aromatic heterocycles. The summed E-state index contributed by atoms with van der Waals surface area (Å²) in [6.07, 6.45) is 4.73. The summed E-state index contributed by atoms with van der Waals surface area (Å²) in [6.45, 7) is 0.144. The Balaban J connectivity index is 1.68. The lowest BCUT2D eigenvalue weighted by Crippen LogP contribution is -2.43. The zero-order valence-electron chi connectivity index (χ0n) is 13.1. The van der Waals surface area contributed by atoms with Crippen LogP contribution in [0.3, 0.4) is 0 Å². The molecule has 3 heterocycles. The van der Waals surface area contributed by atoms with Gasteiger partial charge in [-0.2, -0.15) is 0 Å². The van der Waals surface area contributed by atoms with Crippen molar-refractivity contribution in [1.29, 1.82) is 0 Å². The average molecular weight is 309 g/mol. The minimum Gasteiger partial charge on any atom is -0.375 e. The third-order valence-electron chi connectivity index (χ3n) is 4.78. The van der Waals surface area contributed by atoms with Crippen LogP contribution in [0.4, 0.5) is 0 Å². The molecule has 0 aliphatic carbocycles. The van der Waals surface area contributed by atoms with Crippen molar-refractivity contribution in [2.24, 2.45) is 0 Å². The molecule has 2 bridgehead atoms. The summed E-state index contributed by atoms with van der Waals surface area (Å²) in [5.41, 5.74) is 3.22. The van der Waals surface area contributed by atoms with Crippen molar-refractivity contribution in [3.05, 3.63) is 47.8 Å². The van der Waals surface area contributed by atoms with Crippen molar-refractivity contribution in [3.63, 3.8) is 0 Å². The highest BCUT2D eigenvalue weighted by atomic mass is 16.5. The highest BCUT2D eigenvalue weighted by molar-refractivity contribution is 5.79. The van der Waals surface area contributed by atoms with Gasteiger partial charge in [0.05, 0.1) is 11.7 Å². The molecule has 2 aromatic rings. The number of hydrogen-bond acceptors (Lipinski definition) is 4. The van der Waals surface area contributed by atoms with Gasteiger partial charge in [0.2, 0.25) is 5.91 Å². The number of rotatable bonds is 3. The van der Waals surface area contributed by atoms with Crippen LogP contribution in [0.15, 0.2) is 36.5 Å². The Hall–Kier alpha value is -2.27. The summed E-state index contributed by atoms with van der Waals surface area (Å²) in [5.74, 6) is 0.832. The van der Waals surface area contributed by atoms with Gasteiger partial charge in [-0.05, 0) is 12.8 Å². The third kappa shape index (κ3) is 2.41. The summed E-state index contributed by atoms with van der Waals surface area (Å²) in [7, 11) is 1.56. The van der Waals surface area contributed by atoms with Crippen molar-refractivity contribution in [2.45, 2.75) is 31.3 Å². The van der Waals surface area contributed by atoms with Crippen molar-refractivity contribution in [1.82, 2.24) is 14.9 Å². The molecule has 0 saturated carbocycles. The first-order valence-corrected chi connectivity index (χ1v) is 7.99. The van der Waals surface area contributed by atoms with Crippen LogP contribution in [-0.2, 0) is 16.0 Å². The maximum atomic E-state index is 12.3. The first-order chi connectivity index (χ1) is 11.3. The monoisotopic (exact) mass is 309 g/mol. The van der Waals surface area contributed by atoms with Crippen LogP contribution in [-0.4, -0.2) is 40.5 Å². The lowest BCUT2D eigenvalue weighted by atomic mass is 9.99. The number of nitrogens with zero attached hydrogens (tertiary/aromatic N) is 3. The molecular formula is C18H19N3O2. The van der Waals surface area contributed by atoms with Gasteiger partial charge in [-0.15, -0.1) is 0 Å². The third-order valence-corrected chi connectivity index (χ3v) is 4.78. The lowest BCUT2D eigenvalue weighted by molar-refractivity contribution is -0.138. The van der Waals surface area contributed by atoms with Gasteiger partial charge in [-0.1, -0.05) is 30.3 Å². The SMILES string of the molecule is COCC(=O)N1[C@H]2CC[C@@H]1c1cnc(-c3ccccc3)nc1C2. The lowest BCUT2D eigenvalue weighted by Gasteiger charge is -2.35. The molecule has 4 rings (SSSR count). The fourth-order valence-corrected chi connectivity index (χ4v) is 3.78. The van der Waals surface area contributed by atoms with Gasteiger partial charge in [0.25, 0.3) is 0 Å². The molecule has 1 amide bonds. The normalized spacial score (nSPS) is 22.0. The Labute approximate surface area is 135 Å². The van der Waals surface area contributed by atoms with Gasteiger partial charge in [-0.25, -0.2) is 9.97 Å². The first kappa shape index (κ1) is 14.3. The number of methoxy groups -OCH3 is 1. The van der Waals surface area contributed by atoms with Crippen molar-refractivity contribution in [3.8, 4) is 11.4 Å². The molecule has 118 valence electrons. The molecule has 0 spiro atoms. The maximum absolute atomic E-state index is 12.3. The Morgan fingerprint density at radius 3 is 2.91 bits per heavy atom. The number of aromatic nitrogens is 2. The maximum Gasteiger partial charge on any atom is 0.249 e. The van der Waals surface area contributed by atoms with Crippen LogP contribution in [0.1, 0.15) is 30.1 Å². The van der Waals surface area contributed by atoms with Crippen LogP contribution in [0.25, 0.3) is 11.4 Å². The van der Waals surface area contributed by atoms with Gasteiger partial charge >= 0.3 is 0 Å². The number of carbonyl (C=O) groups is 1. The van der Waals surface area contributed by atoms with E-state index in [1.807, 2.05) is 41.4 Å². The van der Waals surface area contributed by atoms with E-state index in [0.29, 0.717) is 0 Å². The second-order valence-corrected chi connectivity index (χ2v) is 6.15. The van der Waals surface area contributed by atoms with Gasteiger partial charge < -0.3 is 9.64 Å². The molecule has 2 atom stereocenters. The van der Waals surface area contributed by atoms with E-state index in [1.54, 1.807) is 7.11 Å². The van der Waals surface area contributed by atoms with Crippen LogP contribution in [0.5, 0.6) is 0 Å². The van der Waals surface area contributed by atoms with Crippen molar-refractivity contribution in [2.75, 3.05) is 13.7 Å². The molecule has 0 unspecified atom stereocenters. The fourth-order valence-electron chi connectivity index (χ4n) is 3.78. The van der Waals surface area contributed by atoms with Crippen molar-refractivity contribution >= 4 is 5.91 Å². The molecule has 1 aromatic carbocycles. The first-order valence-electron chi connectivity index (χ1n) is 7.99. The molecule has 1 saturated heterocycles. The number of hydrogen-bond donors (Lipinski definition) is 0. The predicted molar refractivity (Wildman–Crippen MR) is 85.7 cm³/mol. The molecule has 2 aliphatic heterocycles. The Morgan fingerprint density at radius 1 is 1.30 bits per heavy atom. The predicted octanol–water partition coefficient (Wildman–Crippen LogP) is 2.38. The van der Waals surface area contributed by atoms with E-state index in [4.69, 9.17) is 9.72 Å². The van der Waals surface area contributed by atoms with Crippen LogP contribution >= 0.6 is 0 Å². The minimum atomic E-state index is 0.0674. The second-order valence-electron chi connectivity index (χ2n) is 6.15. The molecule has 0 N–H and O–H groups in total. The van der Waals surface area contributed by atoms with Crippen LogP contribution in [0, 0.1) is 0 Å². The Kier molecular flexibility index (Phi) is 3.58. The van der Waals surface area contributed by atoms with Crippen LogP contribution < -0.4 is 0 Å². The number of benzene rings is 1. The smallest absolute Gasteiger partial charge is 0.249 e. The topological polar surface area (TPSA) is 55.3 Å². The largest absolute Gasteiger partial charge is 0.375 e. The summed E-state index contributed by atoms with van der Waals surface area (Å²) in [6, 6.07) is 10.4. The van der Waals surface area contributed by atoms with E-state index in [-0.39, 0.29) is 24.6 Å². The highest BCUT2D eigenvalue weighted by Crippen LogP contribution is 2.43. The highest BCUT2D eigenvalue weighted by Gasteiger charge is 2.43. The number of fused-ring (bicyclic) bond motifs is 4.